The normalized spacial score (nSPS) is 10.1. The van der Waals surface area contributed by atoms with E-state index in [1.807, 2.05) is 42.5 Å². The van der Waals surface area contributed by atoms with Crippen LogP contribution in [0.3, 0.4) is 0 Å². The summed E-state index contributed by atoms with van der Waals surface area (Å²) in [5.74, 6) is 0. The van der Waals surface area contributed by atoms with Crippen LogP contribution in [0, 0.1) is 22.7 Å². The van der Waals surface area contributed by atoms with Crippen molar-refractivity contribution >= 4 is 0 Å². The Morgan fingerprint density at radius 2 is 1.21 bits per heavy atom. The van der Waals surface area contributed by atoms with E-state index >= 15 is 0 Å². The number of pyridine rings is 1. The molecule has 4 nitrogen and oxygen atoms in total. The van der Waals surface area contributed by atoms with Crippen molar-refractivity contribution in [3.63, 3.8) is 0 Å². The molecule has 0 bridgehead atoms. The van der Waals surface area contributed by atoms with Crippen LogP contribution in [0.2, 0.25) is 0 Å². The average Bonchev–Trinajstić information content (AvgIpc) is 2.80. The molecule has 0 amide bonds. The highest BCUT2D eigenvalue weighted by Crippen LogP contribution is 2.28. The summed E-state index contributed by atoms with van der Waals surface area (Å²) in [6.45, 7) is 0. The van der Waals surface area contributed by atoms with Crippen molar-refractivity contribution in [1.29, 1.82) is 10.5 Å². The molecule has 0 aliphatic carbocycles. The van der Waals surface area contributed by atoms with Crippen LogP contribution in [0.4, 0.5) is 0 Å². The second-order valence-electron chi connectivity index (χ2n) is 6.47. The number of para-hydroxylation sites is 1. The molecule has 0 N–H and O–H groups in total. The number of hydrogen-bond donors (Lipinski definition) is 0. The van der Waals surface area contributed by atoms with Gasteiger partial charge in [-0.15, -0.1) is 0 Å². The third-order valence-electron chi connectivity index (χ3n) is 4.75. The van der Waals surface area contributed by atoms with Gasteiger partial charge >= 0.3 is 0 Å². The second-order valence-corrected chi connectivity index (χ2v) is 6.47. The van der Waals surface area contributed by atoms with Gasteiger partial charge in [0, 0.05) is 34.1 Å². The maximum absolute atomic E-state index is 13.4. The molecule has 1 heterocycles. The summed E-state index contributed by atoms with van der Waals surface area (Å²) in [4.78, 5) is 13.4. The Morgan fingerprint density at radius 3 is 1.86 bits per heavy atom. The van der Waals surface area contributed by atoms with Crippen molar-refractivity contribution in [2.24, 2.45) is 0 Å². The zero-order chi connectivity index (χ0) is 20.2. The molecule has 0 aliphatic heterocycles. The van der Waals surface area contributed by atoms with Crippen molar-refractivity contribution < 1.29 is 0 Å². The van der Waals surface area contributed by atoms with Crippen LogP contribution in [0.15, 0.2) is 95.9 Å². The summed E-state index contributed by atoms with van der Waals surface area (Å²) < 4.78 is 1.56. The first-order chi connectivity index (χ1) is 14.2. The van der Waals surface area contributed by atoms with Crippen LogP contribution in [-0.2, 0) is 0 Å². The van der Waals surface area contributed by atoms with Gasteiger partial charge < -0.3 is 0 Å². The predicted molar refractivity (Wildman–Crippen MR) is 112 cm³/mol. The number of nitrogens with zero attached hydrogens (tertiary/aromatic N) is 3. The lowest BCUT2D eigenvalue weighted by Gasteiger charge is -2.14. The fraction of sp³-hybridized carbons (Fsp3) is 0. The quantitative estimate of drug-likeness (QED) is 0.512. The van der Waals surface area contributed by atoms with Gasteiger partial charge in [-0.3, -0.25) is 9.36 Å². The number of aromatic nitrogens is 1. The van der Waals surface area contributed by atoms with Crippen LogP contribution in [0.5, 0.6) is 0 Å². The molecule has 4 aromatic rings. The Bertz CT molecular complexity index is 1340. The fourth-order valence-electron chi connectivity index (χ4n) is 3.35. The van der Waals surface area contributed by atoms with Gasteiger partial charge in [0.1, 0.15) is 0 Å². The van der Waals surface area contributed by atoms with Crippen LogP contribution in [0.1, 0.15) is 11.1 Å². The highest BCUT2D eigenvalue weighted by atomic mass is 16.1. The van der Waals surface area contributed by atoms with Crippen molar-refractivity contribution in [3.05, 3.63) is 113 Å². The van der Waals surface area contributed by atoms with Gasteiger partial charge in [0.15, 0.2) is 0 Å². The molecule has 0 aliphatic rings. The van der Waals surface area contributed by atoms with Crippen LogP contribution >= 0.6 is 0 Å². The monoisotopic (exact) mass is 373 g/mol. The van der Waals surface area contributed by atoms with Gasteiger partial charge in [-0.25, -0.2) is 0 Å². The number of hydrogen-bond acceptors (Lipinski definition) is 3. The van der Waals surface area contributed by atoms with E-state index in [4.69, 9.17) is 0 Å². The summed E-state index contributed by atoms with van der Waals surface area (Å²) in [5, 5.41) is 19.1. The number of nitriles is 2. The molecule has 0 atom stereocenters. The summed E-state index contributed by atoms with van der Waals surface area (Å²) in [6.07, 6.45) is 1.74. The molecule has 0 saturated heterocycles. The molecule has 0 spiro atoms. The highest BCUT2D eigenvalue weighted by molar-refractivity contribution is 5.78. The van der Waals surface area contributed by atoms with Gasteiger partial charge in [0.2, 0.25) is 0 Å². The Balaban J connectivity index is 2.08. The van der Waals surface area contributed by atoms with E-state index in [0.717, 1.165) is 11.1 Å². The molecule has 4 rings (SSSR count). The molecular weight excluding hydrogens is 358 g/mol. The minimum atomic E-state index is -0.225. The first-order valence-corrected chi connectivity index (χ1v) is 9.04. The van der Waals surface area contributed by atoms with E-state index in [9.17, 15) is 15.3 Å². The van der Waals surface area contributed by atoms with Crippen molar-refractivity contribution in [3.8, 4) is 40.1 Å². The first kappa shape index (κ1) is 18.0. The van der Waals surface area contributed by atoms with Crippen molar-refractivity contribution in [1.82, 2.24) is 4.57 Å². The van der Waals surface area contributed by atoms with Crippen molar-refractivity contribution in [2.45, 2.75) is 0 Å². The van der Waals surface area contributed by atoms with Crippen molar-refractivity contribution in [2.75, 3.05) is 0 Å². The Kier molecular flexibility index (Phi) is 4.76. The summed E-state index contributed by atoms with van der Waals surface area (Å²) in [5.41, 5.74) is 3.88. The van der Waals surface area contributed by atoms with Gasteiger partial charge in [-0.1, -0.05) is 54.6 Å². The molecule has 1 aromatic heterocycles. The third kappa shape index (κ3) is 3.32. The Hall–Kier alpha value is -4.41. The van der Waals surface area contributed by atoms with Gasteiger partial charge in [-0.05, 0) is 30.3 Å². The molecule has 29 heavy (non-hydrogen) atoms. The lowest BCUT2D eigenvalue weighted by Crippen LogP contribution is -2.20. The molecular formula is C25H15N3O. The summed E-state index contributed by atoms with van der Waals surface area (Å²) in [6, 6.07) is 29.7. The first-order valence-electron chi connectivity index (χ1n) is 9.04. The Labute approximate surface area is 168 Å². The molecule has 0 unspecified atom stereocenters. The van der Waals surface area contributed by atoms with Gasteiger partial charge in [-0.2, -0.15) is 10.5 Å². The zero-order valence-corrected chi connectivity index (χ0v) is 15.4. The molecule has 136 valence electrons. The Morgan fingerprint density at radius 1 is 0.655 bits per heavy atom. The van der Waals surface area contributed by atoms with E-state index < -0.39 is 0 Å². The largest absolute Gasteiger partial charge is 0.283 e. The molecule has 0 saturated carbocycles. The molecule has 0 fully saturated rings. The minimum absolute atomic E-state index is 0.225. The summed E-state index contributed by atoms with van der Waals surface area (Å²) >= 11 is 0. The number of rotatable bonds is 3. The molecule has 4 heteroatoms. The SMILES string of the molecule is N#Cc1ccccc1-c1cc(-c2ccccc2C#N)c(=O)n(-c2ccccc2)c1. The van der Waals surface area contributed by atoms with E-state index in [-0.39, 0.29) is 5.56 Å². The van der Waals surface area contributed by atoms with Crippen LogP contribution in [0.25, 0.3) is 27.9 Å². The van der Waals surface area contributed by atoms with E-state index in [2.05, 4.69) is 12.1 Å². The van der Waals surface area contributed by atoms with Crippen LogP contribution < -0.4 is 5.56 Å². The smallest absolute Gasteiger partial charge is 0.263 e. The van der Waals surface area contributed by atoms with E-state index in [1.54, 1.807) is 53.2 Å². The minimum Gasteiger partial charge on any atom is -0.283 e. The second kappa shape index (κ2) is 7.68. The molecule has 3 aromatic carbocycles. The van der Waals surface area contributed by atoms with Gasteiger partial charge in [0.05, 0.1) is 23.3 Å². The molecule has 0 radical (unpaired) electrons. The lowest BCUT2D eigenvalue weighted by molar-refractivity contribution is 0.995. The highest BCUT2D eigenvalue weighted by Gasteiger charge is 2.15. The topological polar surface area (TPSA) is 69.6 Å². The predicted octanol–water partition coefficient (Wildman–Crippen LogP) is 4.91. The van der Waals surface area contributed by atoms with Gasteiger partial charge in [0.25, 0.3) is 5.56 Å². The zero-order valence-electron chi connectivity index (χ0n) is 15.4. The lowest BCUT2D eigenvalue weighted by atomic mass is 9.96. The maximum Gasteiger partial charge on any atom is 0.263 e. The van der Waals surface area contributed by atoms with E-state index in [0.29, 0.717) is 27.9 Å². The van der Waals surface area contributed by atoms with Crippen LogP contribution in [-0.4, -0.2) is 4.57 Å². The average molecular weight is 373 g/mol. The standard InChI is InChI=1S/C25H15N3O/c26-15-18-8-4-6-12-22(18)20-14-24(23-13-7-5-9-19(23)16-27)25(29)28(17-20)21-10-2-1-3-11-21/h1-14,17H. The third-order valence-corrected chi connectivity index (χ3v) is 4.75. The fourth-order valence-corrected chi connectivity index (χ4v) is 3.35. The number of benzene rings is 3. The van der Waals surface area contributed by atoms with E-state index in [1.165, 1.54) is 0 Å². The maximum atomic E-state index is 13.4. The summed E-state index contributed by atoms with van der Waals surface area (Å²) in [7, 11) is 0.